The van der Waals surface area contributed by atoms with Gasteiger partial charge in [-0.2, -0.15) is 0 Å². The van der Waals surface area contributed by atoms with E-state index in [2.05, 4.69) is 19.7 Å². The molecule has 1 unspecified atom stereocenters. The van der Waals surface area contributed by atoms with Gasteiger partial charge >= 0.3 is 11.9 Å². The summed E-state index contributed by atoms with van der Waals surface area (Å²) in [6.45, 7) is 15.1. The van der Waals surface area contributed by atoms with Crippen molar-refractivity contribution >= 4 is 11.9 Å². The fraction of sp³-hybridized carbons (Fsp3) is 0.444. The number of aliphatic hydroxyl groups is 2. The van der Waals surface area contributed by atoms with Gasteiger partial charge in [-0.3, -0.25) is 0 Å². The van der Waals surface area contributed by atoms with Crippen LogP contribution in [0.5, 0.6) is 0 Å². The van der Waals surface area contributed by atoms with E-state index in [1.165, 1.54) is 19.4 Å². The smallest absolute Gasteiger partial charge is 0.330 e. The van der Waals surface area contributed by atoms with Crippen LogP contribution in [0.3, 0.4) is 0 Å². The molecule has 0 spiro atoms. The number of aliphatic carboxylic acids is 2. The molecular formula is C18H28O6. The molecule has 1 atom stereocenters. The second-order valence-electron chi connectivity index (χ2n) is 5.64. The van der Waals surface area contributed by atoms with E-state index in [4.69, 9.17) is 20.4 Å². The minimum Gasteiger partial charge on any atom is -0.478 e. The average Bonchev–Trinajstić information content (AvgIpc) is 2.48. The van der Waals surface area contributed by atoms with E-state index in [-0.39, 0.29) is 11.1 Å². The third-order valence-electron chi connectivity index (χ3n) is 3.20. The van der Waals surface area contributed by atoms with Crippen LogP contribution < -0.4 is 0 Å². The number of hydrogen-bond acceptors (Lipinski definition) is 4. The van der Waals surface area contributed by atoms with Gasteiger partial charge in [-0.15, -0.1) is 0 Å². The molecule has 0 radical (unpaired) electrons. The predicted octanol–water partition coefficient (Wildman–Crippen LogP) is 2.89. The normalized spacial score (nSPS) is 15.8. The molecule has 1 aliphatic carbocycles. The zero-order valence-electron chi connectivity index (χ0n) is 14.6. The van der Waals surface area contributed by atoms with Gasteiger partial charge in [-0.25, -0.2) is 9.59 Å². The van der Waals surface area contributed by atoms with Crippen LogP contribution in [-0.4, -0.2) is 38.7 Å². The topological polar surface area (TPSA) is 115 Å². The van der Waals surface area contributed by atoms with Gasteiger partial charge in [0.05, 0.1) is 0 Å². The summed E-state index contributed by atoms with van der Waals surface area (Å²) in [5.41, 5.74) is 2.30. The first-order valence-electron chi connectivity index (χ1n) is 7.38. The predicted molar refractivity (Wildman–Crippen MR) is 93.4 cm³/mol. The van der Waals surface area contributed by atoms with Crippen molar-refractivity contribution in [3.05, 3.63) is 48.1 Å². The van der Waals surface area contributed by atoms with Crippen molar-refractivity contribution in [1.29, 1.82) is 0 Å². The first kappa shape index (κ1) is 24.1. The highest BCUT2D eigenvalue weighted by molar-refractivity contribution is 5.85. The highest BCUT2D eigenvalue weighted by Gasteiger charge is 2.17. The first-order chi connectivity index (χ1) is 10.9. The number of carbonyl (C=O) groups is 2. The number of carboxylic acid groups (broad SMARTS) is 2. The summed E-state index contributed by atoms with van der Waals surface area (Å²) in [6, 6.07) is 0. The van der Waals surface area contributed by atoms with Crippen molar-refractivity contribution in [2.75, 3.05) is 0 Å². The van der Waals surface area contributed by atoms with Gasteiger partial charge in [0.15, 0.2) is 6.29 Å². The third kappa shape index (κ3) is 12.4. The molecule has 0 bridgehead atoms. The van der Waals surface area contributed by atoms with Crippen molar-refractivity contribution in [3.8, 4) is 0 Å². The van der Waals surface area contributed by atoms with Gasteiger partial charge in [0, 0.05) is 11.1 Å². The fourth-order valence-corrected chi connectivity index (χ4v) is 1.54. The van der Waals surface area contributed by atoms with Gasteiger partial charge in [0.1, 0.15) is 0 Å². The van der Waals surface area contributed by atoms with Gasteiger partial charge in [-0.05, 0) is 51.5 Å². The molecule has 1 rings (SSSR count). The molecule has 0 aromatic carbocycles. The largest absolute Gasteiger partial charge is 0.478 e. The molecule has 0 fully saturated rings. The minimum atomic E-state index is -1.25. The van der Waals surface area contributed by atoms with Crippen LogP contribution in [0, 0.1) is 5.92 Å². The van der Waals surface area contributed by atoms with Gasteiger partial charge in [-0.1, -0.05) is 31.4 Å². The summed E-state index contributed by atoms with van der Waals surface area (Å²) in [7, 11) is 0. The first-order valence-corrected chi connectivity index (χ1v) is 7.38. The van der Waals surface area contributed by atoms with Crippen molar-refractivity contribution in [3.63, 3.8) is 0 Å². The van der Waals surface area contributed by atoms with E-state index in [1.54, 1.807) is 0 Å². The van der Waals surface area contributed by atoms with E-state index >= 15 is 0 Å². The van der Waals surface area contributed by atoms with E-state index in [9.17, 15) is 9.59 Å². The van der Waals surface area contributed by atoms with Crippen LogP contribution in [0.1, 0.15) is 40.0 Å². The quantitative estimate of drug-likeness (QED) is 0.355. The van der Waals surface area contributed by atoms with Gasteiger partial charge in [0.25, 0.3) is 0 Å². The Morgan fingerprint density at radius 1 is 1.04 bits per heavy atom. The molecule has 6 heteroatoms. The zero-order chi connectivity index (χ0) is 19.4. The van der Waals surface area contributed by atoms with Crippen molar-refractivity contribution in [2.24, 2.45) is 5.92 Å². The maximum absolute atomic E-state index is 9.60. The summed E-state index contributed by atoms with van der Waals surface area (Å²) >= 11 is 0. The molecule has 24 heavy (non-hydrogen) atoms. The number of allylic oxidation sites excluding steroid dienone is 2. The lowest BCUT2D eigenvalue weighted by atomic mass is 9.85. The molecule has 1 aliphatic rings. The number of hydrogen-bond donors (Lipinski definition) is 4. The Hall–Kier alpha value is -2.18. The molecule has 0 aromatic rings. The summed E-state index contributed by atoms with van der Waals surface area (Å²) in [6.07, 6.45) is 3.36. The lowest BCUT2D eigenvalue weighted by molar-refractivity contribution is -0.133. The van der Waals surface area contributed by atoms with Crippen LogP contribution in [0.25, 0.3) is 0 Å². The third-order valence-corrected chi connectivity index (χ3v) is 3.20. The maximum atomic E-state index is 9.60. The molecule has 0 heterocycles. The summed E-state index contributed by atoms with van der Waals surface area (Å²) in [5, 5.41) is 33.5. The fourth-order valence-electron chi connectivity index (χ4n) is 1.54. The van der Waals surface area contributed by atoms with Crippen LogP contribution in [0.15, 0.2) is 48.1 Å². The van der Waals surface area contributed by atoms with Gasteiger partial charge in [0.2, 0.25) is 0 Å². The Labute approximate surface area is 143 Å². The summed E-state index contributed by atoms with van der Waals surface area (Å²) in [4.78, 5) is 19.2. The Balaban J connectivity index is 0. The van der Waals surface area contributed by atoms with E-state index in [0.29, 0.717) is 5.92 Å². The Bertz CT molecular complexity index is 466. The van der Waals surface area contributed by atoms with Crippen molar-refractivity contribution < 1.29 is 30.0 Å². The second kappa shape index (κ2) is 12.3. The molecule has 4 N–H and O–H groups in total. The van der Waals surface area contributed by atoms with E-state index in [1.807, 2.05) is 13.0 Å². The maximum Gasteiger partial charge on any atom is 0.330 e. The molecule has 0 saturated heterocycles. The molecule has 0 aromatic heterocycles. The van der Waals surface area contributed by atoms with Crippen LogP contribution in [0.2, 0.25) is 0 Å². The van der Waals surface area contributed by atoms with Crippen molar-refractivity contribution in [2.45, 2.75) is 46.3 Å². The van der Waals surface area contributed by atoms with E-state index in [0.717, 1.165) is 24.8 Å². The van der Waals surface area contributed by atoms with Crippen LogP contribution in [-0.2, 0) is 9.59 Å². The number of aliphatic hydroxyl groups excluding tert-OH is 1. The standard InChI is InChI=1S/C10H16O2.2C4H6O2/c1-7(2)8-3-5-9(6-4-8)10(11)12;2*1-3(2)4(5)6/h5,8,10-12H,1,3-4,6H2,2H3;2*1H2,2H3,(H,5,6). The Morgan fingerprint density at radius 3 is 1.58 bits per heavy atom. The SMILES string of the molecule is C=C(C)C(=O)O.C=C(C)C(=O)O.C=C(C)C1CC=C(C(O)O)CC1. The summed E-state index contributed by atoms with van der Waals surface area (Å²) < 4.78 is 0. The molecule has 136 valence electrons. The van der Waals surface area contributed by atoms with E-state index < -0.39 is 18.2 Å². The van der Waals surface area contributed by atoms with Crippen LogP contribution in [0.4, 0.5) is 0 Å². The molecule has 6 nitrogen and oxygen atoms in total. The number of carboxylic acids is 2. The summed E-state index contributed by atoms with van der Waals surface area (Å²) in [5.74, 6) is -1.34. The molecule has 0 aliphatic heterocycles. The highest BCUT2D eigenvalue weighted by atomic mass is 16.5. The highest BCUT2D eigenvalue weighted by Crippen LogP contribution is 2.28. The Morgan fingerprint density at radius 2 is 1.42 bits per heavy atom. The lowest BCUT2D eigenvalue weighted by Crippen LogP contribution is -2.15. The van der Waals surface area contributed by atoms with Crippen molar-refractivity contribution in [1.82, 2.24) is 0 Å². The van der Waals surface area contributed by atoms with Crippen LogP contribution >= 0.6 is 0 Å². The average molecular weight is 340 g/mol. The minimum absolute atomic E-state index is 0.176. The molecular weight excluding hydrogens is 312 g/mol. The lowest BCUT2D eigenvalue weighted by Gasteiger charge is -2.22. The monoisotopic (exact) mass is 340 g/mol. The molecule has 0 saturated carbocycles. The Kier molecular flexibility index (Phi) is 12.3. The zero-order valence-corrected chi connectivity index (χ0v) is 14.6. The number of rotatable bonds is 4. The molecule has 0 amide bonds. The second-order valence-corrected chi connectivity index (χ2v) is 5.64. The van der Waals surface area contributed by atoms with Gasteiger partial charge < -0.3 is 20.4 Å².